The summed E-state index contributed by atoms with van der Waals surface area (Å²) >= 11 is 0. The molecule has 0 amide bonds. The lowest BCUT2D eigenvalue weighted by Crippen LogP contribution is -2.47. The molecule has 3 rings (SSSR count). The Bertz CT molecular complexity index is 594. The van der Waals surface area contributed by atoms with Crippen LogP contribution in [0.2, 0.25) is 0 Å². The van der Waals surface area contributed by atoms with Crippen molar-refractivity contribution in [3.05, 3.63) is 54.0 Å². The van der Waals surface area contributed by atoms with E-state index in [9.17, 15) is 4.39 Å². The first-order chi connectivity index (χ1) is 10.3. The molecule has 0 bridgehead atoms. The molecule has 1 saturated heterocycles. The van der Waals surface area contributed by atoms with Crippen molar-refractivity contribution in [1.29, 1.82) is 0 Å². The van der Waals surface area contributed by atoms with Crippen molar-refractivity contribution in [2.45, 2.75) is 6.54 Å². The van der Waals surface area contributed by atoms with Gasteiger partial charge in [0, 0.05) is 44.6 Å². The van der Waals surface area contributed by atoms with Crippen molar-refractivity contribution in [3.63, 3.8) is 0 Å². The second kappa shape index (κ2) is 6.10. The third kappa shape index (κ3) is 2.97. The fraction of sp³-hybridized carbons (Fsp3) is 0.312. The van der Waals surface area contributed by atoms with E-state index in [0.717, 1.165) is 43.2 Å². The number of pyridine rings is 1. The number of piperazine rings is 1. The van der Waals surface area contributed by atoms with E-state index >= 15 is 0 Å². The van der Waals surface area contributed by atoms with Gasteiger partial charge in [-0.3, -0.25) is 0 Å². The predicted octanol–water partition coefficient (Wildman–Crippen LogP) is 2.01. The lowest BCUT2D eigenvalue weighted by atomic mass is 10.1. The first-order valence-corrected chi connectivity index (χ1v) is 7.17. The monoisotopic (exact) mass is 286 g/mol. The first kappa shape index (κ1) is 13.8. The topological polar surface area (TPSA) is 45.4 Å². The predicted molar refractivity (Wildman–Crippen MR) is 83.0 cm³/mol. The zero-order chi connectivity index (χ0) is 14.7. The van der Waals surface area contributed by atoms with Crippen LogP contribution in [-0.2, 0) is 6.54 Å². The molecule has 0 unspecified atom stereocenters. The molecule has 21 heavy (non-hydrogen) atoms. The average molecular weight is 286 g/mol. The van der Waals surface area contributed by atoms with Crippen molar-refractivity contribution in [2.75, 3.05) is 36.0 Å². The summed E-state index contributed by atoms with van der Waals surface area (Å²) in [5.41, 5.74) is 7.63. The quantitative estimate of drug-likeness (QED) is 0.937. The molecule has 1 aromatic heterocycles. The standard InChI is InChI=1S/C16H19FN4/c17-14-4-5-15(13(11-14)12-18)20-7-9-21(10-8-20)16-3-1-2-6-19-16/h1-6,11H,7-10,12,18H2. The fourth-order valence-electron chi connectivity index (χ4n) is 2.74. The largest absolute Gasteiger partial charge is 0.368 e. The van der Waals surface area contributed by atoms with Gasteiger partial charge in [0.25, 0.3) is 0 Å². The van der Waals surface area contributed by atoms with E-state index in [2.05, 4.69) is 14.8 Å². The van der Waals surface area contributed by atoms with Gasteiger partial charge in [-0.1, -0.05) is 6.07 Å². The Morgan fingerprint density at radius 1 is 1.05 bits per heavy atom. The van der Waals surface area contributed by atoms with E-state index in [0.29, 0.717) is 6.54 Å². The molecule has 0 aliphatic carbocycles. The second-order valence-electron chi connectivity index (χ2n) is 5.14. The molecule has 2 heterocycles. The molecule has 0 spiro atoms. The van der Waals surface area contributed by atoms with Crippen LogP contribution in [-0.4, -0.2) is 31.2 Å². The van der Waals surface area contributed by atoms with Gasteiger partial charge in [0.2, 0.25) is 0 Å². The summed E-state index contributed by atoms with van der Waals surface area (Å²) in [6, 6.07) is 10.8. The van der Waals surface area contributed by atoms with Crippen LogP contribution < -0.4 is 15.5 Å². The maximum Gasteiger partial charge on any atom is 0.128 e. The maximum absolute atomic E-state index is 13.3. The molecule has 2 aromatic rings. The van der Waals surface area contributed by atoms with Crippen molar-refractivity contribution in [1.82, 2.24) is 4.98 Å². The molecule has 0 atom stereocenters. The first-order valence-electron chi connectivity index (χ1n) is 7.17. The van der Waals surface area contributed by atoms with Crippen molar-refractivity contribution in [2.24, 2.45) is 5.73 Å². The molecule has 5 heteroatoms. The highest BCUT2D eigenvalue weighted by Crippen LogP contribution is 2.23. The van der Waals surface area contributed by atoms with E-state index in [-0.39, 0.29) is 5.82 Å². The van der Waals surface area contributed by atoms with Crippen LogP contribution in [0.4, 0.5) is 15.9 Å². The Morgan fingerprint density at radius 3 is 2.48 bits per heavy atom. The van der Waals surface area contributed by atoms with Crippen LogP contribution >= 0.6 is 0 Å². The van der Waals surface area contributed by atoms with Crippen LogP contribution in [0.5, 0.6) is 0 Å². The molecule has 0 radical (unpaired) electrons. The Hall–Kier alpha value is -2.14. The number of rotatable bonds is 3. The highest BCUT2D eigenvalue weighted by molar-refractivity contribution is 5.55. The number of hydrogen-bond acceptors (Lipinski definition) is 4. The molecule has 1 aromatic carbocycles. The summed E-state index contributed by atoms with van der Waals surface area (Å²) in [5.74, 6) is 0.779. The minimum atomic E-state index is -0.230. The molecule has 110 valence electrons. The van der Waals surface area contributed by atoms with E-state index in [4.69, 9.17) is 5.73 Å². The molecular weight excluding hydrogens is 267 g/mol. The van der Waals surface area contributed by atoms with Crippen molar-refractivity contribution < 1.29 is 4.39 Å². The number of nitrogens with two attached hydrogens (primary N) is 1. The molecular formula is C16H19FN4. The van der Waals surface area contributed by atoms with E-state index in [1.54, 1.807) is 0 Å². The van der Waals surface area contributed by atoms with E-state index in [1.165, 1.54) is 12.1 Å². The van der Waals surface area contributed by atoms with Gasteiger partial charge in [0.15, 0.2) is 0 Å². The lowest BCUT2D eigenvalue weighted by Gasteiger charge is -2.37. The van der Waals surface area contributed by atoms with Gasteiger partial charge in [-0.15, -0.1) is 0 Å². The number of hydrogen-bond donors (Lipinski definition) is 1. The molecule has 1 aliphatic rings. The summed E-state index contributed by atoms with van der Waals surface area (Å²) < 4.78 is 13.3. The highest BCUT2D eigenvalue weighted by Gasteiger charge is 2.19. The van der Waals surface area contributed by atoms with E-state index in [1.807, 2.05) is 30.5 Å². The average Bonchev–Trinajstić information content (AvgIpc) is 2.56. The third-order valence-corrected chi connectivity index (χ3v) is 3.86. The van der Waals surface area contributed by atoms with Crippen LogP contribution in [0.3, 0.4) is 0 Å². The zero-order valence-electron chi connectivity index (χ0n) is 11.9. The zero-order valence-corrected chi connectivity index (χ0v) is 11.9. The van der Waals surface area contributed by atoms with E-state index < -0.39 is 0 Å². The summed E-state index contributed by atoms with van der Waals surface area (Å²) in [6.45, 7) is 3.93. The van der Waals surface area contributed by atoms with Crippen molar-refractivity contribution in [3.8, 4) is 0 Å². The Labute approximate surface area is 124 Å². The third-order valence-electron chi connectivity index (χ3n) is 3.86. The number of halogens is 1. The van der Waals surface area contributed by atoms with Crippen LogP contribution in [0, 0.1) is 5.82 Å². The molecule has 1 aliphatic heterocycles. The van der Waals surface area contributed by atoms with Gasteiger partial charge in [-0.25, -0.2) is 9.37 Å². The van der Waals surface area contributed by atoms with Crippen LogP contribution in [0.25, 0.3) is 0 Å². The maximum atomic E-state index is 13.3. The van der Waals surface area contributed by atoms with Gasteiger partial charge in [-0.05, 0) is 35.9 Å². The Balaban J connectivity index is 1.71. The minimum Gasteiger partial charge on any atom is -0.368 e. The smallest absolute Gasteiger partial charge is 0.128 e. The summed E-state index contributed by atoms with van der Waals surface area (Å²) in [7, 11) is 0. The SMILES string of the molecule is NCc1cc(F)ccc1N1CCN(c2ccccn2)CC1. The molecule has 4 nitrogen and oxygen atoms in total. The van der Waals surface area contributed by atoms with Crippen LogP contribution in [0.1, 0.15) is 5.56 Å². The van der Waals surface area contributed by atoms with Crippen LogP contribution in [0.15, 0.2) is 42.6 Å². The van der Waals surface area contributed by atoms with Gasteiger partial charge in [0.05, 0.1) is 0 Å². The van der Waals surface area contributed by atoms with Crippen molar-refractivity contribution >= 4 is 11.5 Å². The Morgan fingerprint density at radius 2 is 1.81 bits per heavy atom. The highest BCUT2D eigenvalue weighted by atomic mass is 19.1. The summed E-state index contributed by atoms with van der Waals surface area (Å²) in [5, 5.41) is 0. The minimum absolute atomic E-state index is 0.230. The molecule has 1 fully saturated rings. The summed E-state index contributed by atoms with van der Waals surface area (Å²) in [4.78, 5) is 8.91. The second-order valence-corrected chi connectivity index (χ2v) is 5.14. The van der Waals surface area contributed by atoms with Gasteiger partial charge >= 0.3 is 0 Å². The van der Waals surface area contributed by atoms with Gasteiger partial charge in [-0.2, -0.15) is 0 Å². The fourth-order valence-corrected chi connectivity index (χ4v) is 2.74. The van der Waals surface area contributed by atoms with Gasteiger partial charge < -0.3 is 15.5 Å². The number of benzene rings is 1. The number of anilines is 2. The normalized spacial score (nSPS) is 15.3. The molecule has 2 N–H and O–H groups in total. The number of aromatic nitrogens is 1. The molecule has 0 saturated carbocycles. The number of nitrogens with zero attached hydrogens (tertiary/aromatic N) is 3. The lowest BCUT2D eigenvalue weighted by molar-refractivity contribution is 0.620. The Kier molecular flexibility index (Phi) is 4.01. The summed E-state index contributed by atoms with van der Waals surface area (Å²) in [6.07, 6.45) is 1.81. The van der Waals surface area contributed by atoms with Gasteiger partial charge in [0.1, 0.15) is 11.6 Å².